The minimum absolute atomic E-state index is 0.112. The molecule has 0 aliphatic rings. The fourth-order valence-corrected chi connectivity index (χ4v) is 2.91. The number of benzene rings is 1. The third kappa shape index (κ3) is 2.27. The predicted molar refractivity (Wildman–Crippen MR) is 80.1 cm³/mol. The van der Waals surface area contributed by atoms with Crippen LogP contribution < -0.4 is 5.32 Å². The van der Waals surface area contributed by atoms with Gasteiger partial charge in [0.15, 0.2) is 5.69 Å². The van der Waals surface area contributed by atoms with Crippen LogP contribution in [0.15, 0.2) is 29.6 Å². The fourth-order valence-electron chi connectivity index (χ4n) is 2.07. The molecule has 106 valence electrons. The molecule has 3 rings (SSSR count). The van der Waals surface area contributed by atoms with Gasteiger partial charge in [-0.25, -0.2) is 4.79 Å². The van der Waals surface area contributed by atoms with Crippen LogP contribution in [0, 0.1) is 6.92 Å². The molecule has 7 heteroatoms. The molecule has 3 N–H and O–H groups in total. The Labute approximate surface area is 123 Å². The summed E-state index contributed by atoms with van der Waals surface area (Å²) in [5.41, 5.74) is 2.03. The van der Waals surface area contributed by atoms with Gasteiger partial charge in [-0.05, 0) is 23.9 Å². The van der Waals surface area contributed by atoms with Gasteiger partial charge in [-0.15, -0.1) is 11.3 Å². The number of H-pyrrole nitrogens is 1. The van der Waals surface area contributed by atoms with E-state index in [1.165, 1.54) is 0 Å². The molecular weight excluding hydrogens is 290 g/mol. The van der Waals surface area contributed by atoms with Gasteiger partial charge in [0.25, 0.3) is 5.91 Å². The number of nitrogens with zero attached hydrogens (tertiary/aromatic N) is 1. The van der Waals surface area contributed by atoms with Crippen molar-refractivity contribution >= 4 is 39.8 Å². The van der Waals surface area contributed by atoms with Crippen LogP contribution in [-0.4, -0.2) is 27.2 Å². The number of carbonyl (C=O) groups is 2. The summed E-state index contributed by atoms with van der Waals surface area (Å²) in [5, 5.41) is 20.9. The first kappa shape index (κ1) is 13.3. The van der Waals surface area contributed by atoms with Crippen LogP contribution >= 0.6 is 11.3 Å². The van der Waals surface area contributed by atoms with Gasteiger partial charge in [-0.3, -0.25) is 9.89 Å². The van der Waals surface area contributed by atoms with E-state index >= 15 is 0 Å². The SMILES string of the molecule is Cc1csc(C(=O)O)c1NC(=O)c1n[nH]c2ccccc12. The van der Waals surface area contributed by atoms with Crippen LogP contribution in [0.4, 0.5) is 5.69 Å². The summed E-state index contributed by atoms with van der Waals surface area (Å²) in [6.07, 6.45) is 0. The number of hydrogen-bond acceptors (Lipinski definition) is 4. The maximum absolute atomic E-state index is 12.3. The molecule has 2 aromatic heterocycles. The van der Waals surface area contributed by atoms with Crippen molar-refractivity contribution in [2.75, 3.05) is 5.32 Å². The minimum atomic E-state index is -1.06. The molecule has 0 bridgehead atoms. The molecule has 0 fully saturated rings. The van der Waals surface area contributed by atoms with Gasteiger partial charge in [-0.2, -0.15) is 5.10 Å². The van der Waals surface area contributed by atoms with Gasteiger partial charge in [0.1, 0.15) is 4.88 Å². The molecule has 0 unspecified atom stereocenters. The quantitative estimate of drug-likeness (QED) is 0.693. The Morgan fingerprint density at radius 1 is 1.33 bits per heavy atom. The summed E-state index contributed by atoms with van der Waals surface area (Å²) >= 11 is 1.08. The number of anilines is 1. The highest BCUT2D eigenvalue weighted by molar-refractivity contribution is 7.12. The highest BCUT2D eigenvalue weighted by atomic mass is 32.1. The van der Waals surface area contributed by atoms with E-state index < -0.39 is 11.9 Å². The number of nitrogens with one attached hydrogen (secondary N) is 2. The number of aromatic amines is 1. The molecule has 1 amide bonds. The van der Waals surface area contributed by atoms with Crippen molar-refractivity contribution in [3.63, 3.8) is 0 Å². The Morgan fingerprint density at radius 2 is 2.10 bits per heavy atom. The Kier molecular flexibility index (Phi) is 3.19. The van der Waals surface area contributed by atoms with E-state index in [4.69, 9.17) is 5.11 Å². The van der Waals surface area contributed by atoms with Crippen LogP contribution in [0.1, 0.15) is 25.7 Å². The van der Waals surface area contributed by atoms with E-state index in [1.54, 1.807) is 18.4 Å². The lowest BCUT2D eigenvalue weighted by molar-refractivity contribution is 0.0703. The number of rotatable bonds is 3. The first-order valence-corrected chi connectivity index (χ1v) is 7.01. The number of carbonyl (C=O) groups excluding carboxylic acids is 1. The van der Waals surface area contributed by atoms with Gasteiger partial charge < -0.3 is 10.4 Å². The second kappa shape index (κ2) is 5.02. The Hall–Kier alpha value is -2.67. The minimum Gasteiger partial charge on any atom is -0.477 e. The standard InChI is InChI=1S/C14H11N3O3S/c1-7-6-21-12(14(19)20)10(7)15-13(18)11-8-4-2-3-5-9(8)16-17-11/h2-6H,1H3,(H,15,18)(H,16,17)(H,19,20). The van der Waals surface area contributed by atoms with Crippen molar-refractivity contribution < 1.29 is 14.7 Å². The van der Waals surface area contributed by atoms with Crippen LogP contribution in [0.3, 0.4) is 0 Å². The van der Waals surface area contributed by atoms with Crippen LogP contribution in [0.5, 0.6) is 0 Å². The van der Waals surface area contributed by atoms with Crippen molar-refractivity contribution in [3.8, 4) is 0 Å². The number of aryl methyl sites for hydroxylation is 1. The summed E-state index contributed by atoms with van der Waals surface area (Å²) in [7, 11) is 0. The zero-order valence-electron chi connectivity index (χ0n) is 11.0. The second-order valence-corrected chi connectivity index (χ2v) is 5.38. The molecule has 3 aromatic rings. The van der Waals surface area contributed by atoms with Crippen molar-refractivity contribution in [1.29, 1.82) is 0 Å². The van der Waals surface area contributed by atoms with Crippen molar-refractivity contribution in [2.45, 2.75) is 6.92 Å². The third-order valence-electron chi connectivity index (χ3n) is 3.09. The van der Waals surface area contributed by atoms with E-state index in [1.807, 2.05) is 18.2 Å². The molecule has 0 saturated carbocycles. The van der Waals surface area contributed by atoms with Crippen molar-refractivity contribution in [2.24, 2.45) is 0 Å². The molecule has 0 saturated heterocycles. The monoisotopic (exact) mass is 301 g/mol. The normalized spacial score (nSPS) is 10.7. The molecular formula is C14H11N3O3S. The number of carboxylic acid groups (broad SMARTS) is 1. The average molecular weight is 301 g/mol. The lowest BCUT2D eigenvalue weighted by Gasteiger charge is -2.04. The number of amides is 1. The van der Waals surface area contributed by atoms with Crippen molar-refractivity contribution in [1.82, 2.24) is 10.2 Å². The Morgan fingerprint density at radius 3 is 2.86 bits per heavy atom. The van der Waals surface area contributed by atoms with Crippen LogP contribution in [0.25, 0.3) is 10.9 Å². The highest BCUT2D eigenvalue weighted by Crippen LogP contribution is 2.28. The summed E-state index contributed by atoms with van der Waals surface area (Å²) in [6.45, 7) is 1.75. The van der Waals surface area contributed by atoms with E-state index in [-0.39, 0.29) is 10.6 Å². The Balaban J connectivity index is 1.97. The number of fused-ring (bicyclic) bond motifs is 1. The van der Waals surface area contributed by atoms with E-state index in [2.05, 4.69) is 15.5 Å². The van der Waals surface area contributed by atoms with Crippen LogP contribution in [0.2, 0.25) is 0 Å². The molecule has 0 radical (unpaired) electrons. The number of hydrogen-bond donors (Lipinski definition) is 3. The lowest BCUT2D eigenvalue weighted by Crippen LogP contribution is -2.15. The largest absolute Gasteiger partial charge is 0.477 e. The van der Waals surface area contributed by atoms with E-state index in [0.717, 1.165) is 16.9 Å². The molecule has 6 nitrogen and oxygen atoms in total. The Bertz CT molecular complexity index is 850. The maximum atomic E-state index is 12.3. The number of carboxylic acids is 1. The van der Waals surface area contributed by atoms with E-state index in [0.29, 0.717) is 16.6 Å². The van der Waals surface area contributed by atoms with Crippen LogP contribution in [-0.2, 0) is 0 Å². The number of thiophene rings is 1. The zero-order valence-corrected chi connectivity index (χ0v) is 11.8. The summed E-state index contributed by atoms with van der Waals surface area (Å²) in [5.74, 6) is -1.49. The summed E-state index contributed by atoms with van der Waals surface area (Å²) in [4.78, 5) is 23.6. The fraction of sp³-hybridized carbons (Fsp3) is 0.0714. The number of para-hydroxylation sites is 1. The summed E-state index contributed by atoms with van der Waals surface area (Å²) in [6, 6.07) is 7.25. The predicted octanol–water partition coefficient (Wildman–Crippen LogP) is 2.88. The number of aromatic nitrogens is 2. The molecule has 2 heterocycles. The number of aromatic carboxylic acids is 1. The van der Waals surface area contributed by atoms with Gasteiger partial charge in [0.2, 0.25) is 0 Å². The molecule has 0 aliphatic heterocycles. The van der Waals surface area contributed by atoms with Crippen molar-refractivity contribution in [3.05, 3.63) is 45.8 Å². The molecule has 1 aromatic carbocycles. The van der Waals surface area contributed by atoms with Gasteiger partial charge >= 0.3 is 5.97 Å². The molecule has 0 spiro atoms. The average Bonchev–Trinajstić information content (AvgIpc) is 3.03. The highest BCUT2D eigenvalue weighted by Gasteiger charge is 2.20. The van der Waals surface area contributed by atoms with E-state index in [9.17, 15) is 9.59 Å². The molecule has 0 aliphatic carbocycles. The van der Waals surface area contributed by atoms with Gasteiger partial charge in [0.05, 0.1) is 11.2 Å². The second-order valence-electron chi connectivity index (χ2n) is 4.50. The molecule has 0 atom stereocenters. The molecule has 21 heavy (non-hydrogen) atoms. The van der Waals surface area contributed by atoms with Gasteiger partial charge in [0, 0.05) is 5.39 Å². The maximum Gasteiger partial charge on any atom is 0.348 e. The topological polar surface area (TPSA) is 95.1 Å². The summed E-state index contributed by atoms with van der Waals surface area (Å²) < 4.78 is 0. The first-order valence-electron chi connectivity index (χ1n) is 6.13. The van der Waals surface area contributed by atoms with Gasteiger partial charge in [-0.1, -0.05) is 18.2 Å². The zero-order chi connectivity index (χ0) is 15.0. The first-order chi connectivity index (χ1) is 10.1. The smallest absolute Gasteiger partial charge is 0.348 e. The lowest BCUT2D eigenvalue weighted by atomic mass is 10.2. The third-order valence-corrected chi connectivity index (χ3v) is 4.18.